The summed E-state index contributed by atoms with van der Waals surface area (Å²) in [6.07, 6.45) is 3.63. The van der Waals surface area contributed by atoms with Crippen LogP contribution >= 0.6 is 0 Å². The van der Waals surface area contributed by atoms with Crippen LogP contribution in [0.3, 0.4) is 0 Å². The van der Waals surface area contributed by atoms with Crippen molar-refractivity contribution in [2.45, 2.75) is 18.5 Å². The molecule has 1 aliphatic carbocycles. The topological polar surface area (TPSA) is 102 Å². The normalized spacial score (nSPS) is 25.4. The molecular weight excluding hydrogens is 212 g/mol. The first kappa shape index (κ1) is 12.7. The number of aliphatic carboxylic acids is 1. The minimum absolute atomic E-state index is 0.143. The van der Waals surface area contributed by atoms with Gasteiger partial charge in [-0.2, -0.15) is 0 Å². The van der Waals surface area contributed by atoms with Crippen LogP contribution in [0.2, 0.25) is 0 Å². The SMILES string of the molecule is COCC(N)C(=O)NC1C=CC(C(=O)O)C1. The van der Waals surface area contributed by atoms with Crippen LogP contribution in [-0.4, -0.2) is 42.8 Å². The Morgan fingerprint density at radius 2 is 2.31 bits per heavy atom. The van der Waals surface area contributed by atoms with Crippen LogP contribution < -0.4 is 11.1 Å². The highest BCUT2D eigenvalue weighted by atomic mass is 16.5. The van der Waals surface area contributed by atoms with Gasteiger partial charge in [0.25, 0.3) is 0 Å². The third-order valence-electron chi connectivity index (χ3n) is 2.41. The predicted octanol–water partition coefficient (Wildman–Crippen LogP) is -0.894. The van der Waals surface area contributed by atoms with Crippen molar-refractivity contribution in [1.82, 2.24) is 5.32 Å². The van der Waals surface area contributed by atoms with Crippen LogP contribution in [0.4, 0.5) is 0 Å². The number of amides is 1. The Kier molecular flexibility index (Phi) is 4.45. The fourth-order valence-corrected chi connectivity index (χ4v) is 1.53. The van der Waals surface area contributed by atoms with Crippen LogP contribution in [0, 0.1) is 5.92 Å². The molecule has 3 atom stereocenters. The highest BCUT2D eigenvalue weighted by Gasteiger charge is 2.26. The maximum absolute atomic E-state index is 11.5. The number of ether oxygens (including phenoxy) is 1. The molecule has 0 heterocycles. The summed E-state index contributed by atoms with van der Waals surface area (Å²) in [6, 6.07) is -0.973. The lowest BCUT2D eigenvalue weighted by molar-refractivity contribution is -0.140. The molecule has 0 aromatic carbocycles. The van der Waals surface area contributed by atoms with Gasteiger partial charge in [-0.3, -0.25) is 9.59 Å². The van der Waals surface area contributed by atoms with Gasteiger partial charge in [0.1, 0.15) is 6.04 Å². The van der Waals surface area contributed by atoms with Gasteiger partial charge in [-0.25, -0.2) is 0 Å². The zero-order chi connectivity index (χ0) is 12.1. The minimum atomic E-state index is -0.880. The largest absolute Gasteiger partial charge is 0.481 e. The molecular formula is C10H16N2O4. The lowest BCUT2D eigenvalue weighted by Gasteiger charge is -2.15. The first-order chi connectivity index (χ1) is 7.54. The first-order valence-electron chi connectivity index (χ1n) is 5.00. The van der Waals surface area contributed by atoms with Crippen molar-refractivity contribution in [2.24, 2.45) is 11.7 Å². The van der Waals surface area contributed by atoms with Crippen molar-refractivity contribution >= 4 is 11.9 Å². The van der Waals surface area contributed by atoms with Crippen LogP contribution in [0.1, 0.15) is 6.42 Å². The summed E-state index contributed by atoms with van der Waals surface area (Å²) in [4.78, 5) is 22.1. The Hall–Kier alpha value is -1.40. The molecule has 6 heteroatoms. The quantitative estimate of drug-likeness (QED) is 0.530. The molecule has 1 rings (SSSR count). The molecule has 0 bridgehead atoms. The van der Waals surface area contributed by atoms with E-state index in [1.54, 1.807) is 12.2 Å². The zero-order valence-electron chi connectivity index (χ0n) is 9.05. The summed E-state index contributed by atoms with van der Waals surface area (Å²) in [6.45, 7) is 0.143. The molecule has 6 nitrogen and oxygen atoms in total. The van der Waals surface area contributed by atoms with Gasteiger partial charge in [-0.05, 0) is 6.42 Å². The monoisotopic (exact) mass is 228 g/mol. The molecule has 3 unspecified atom stereocenters. The summed E-state index contributed by atoms with van der Waals surface area (Å²) in [5.74, 6) is -1.74. The number of hydrogen-bond acceptors (Lipinski definition) is 4. The summed E-state index contributed by atoms with van der Waals surface area (Å²) < 4.78 is 4.75. The van der Waals surface area contributed by atoms with Crippen LogP contribution in [0.15, 0.2) is 12.2 Å². The number of rotatable bonds is 5. The lowest BCUT2D eigenvalue weighted by atomic mass is 10.1. The van der Waals surface area contributed by atoms with E-state index in [1.807, 2.05) is 0 Å². The molecule has 0 aromatic heterocycles. The van der Waals surface area contributed by atoms with Gasteiger partial charge in [0, 0.05) is 13.2 Å². The lowest BCUT2D eigenvalue weighted by Crippen LogP contribution is -2.46. The van der Waals surface area contributed by atoms with E-state index in [9.17, 15) is 9.59 Å². The molecule has 0 aliphatic heterocycles. The molecule has 1 aliphatic rings. The average Bonchev–Trinajstić information content (AvgIpc) is 2.66. The third kappa shape index (κ3) is 3.32. The second-order valence-electron chi connectivity index (χ2n) is 3.74. The van der Waals surface area contributed by atoms with E-state index in [0.29, 0.717) is 6.42 Å². The van der Waals surface area contributed by atoms with Crippen molar-refractivity contribution in [1.29, 1.82) is 0 Å². The van der Waals surface area contributed by atoms with Gasteiger partial charge in [-0.1, -0.05) is 12.2 Å². The van der Waals surface area contributed by atoms with Crippen molar-refractivity contribution in [3.8, 4) is 0 Å². The number of carboxylic acid groups (broad SMARTS) is 1. The summed E-state index contributed by atoms with van der Waals surface area (Å²) in [7, 11) is 1.46. The molecule has 0 fully saturated rings. The second-order valence-corrected chi connectivity index (χ2v) is 3.74. The van der Waals surface area contributed by atoms with Crippen LogP contribution in [0.25, 0.3) is 0 Å². The van der Waals surface area contributed by atoms with Gasteiger partial charge >= 0.3 is 5.97 Å². The summed E-state index contributed by atoms with van der Waals surface area (Å²) in [5, 5.41) is 11.4. The smallest absolute Gasteiger partial charge is 0.310 e. The van der Waals surface area contributed by atoms with Crippen molar-refractivity contribution in [2.75, 3.05) is 13.7 Å². The van der Waals surface area contributed by atoms with E-state index >= 15 is 0 Å². The van der Waals surface area contributed by atoms with Crippen LogP contribution in [0.5, 0.6) is 0 Å². The minimum Gasteiger partial charge on any atom is -0.481 e. The predicted molar refractivity (Wildman–Crippen MR) is 56.7 cm³/mol. The Balaban J connectivity index is 2.37. The standard InChI is InChI=1S/C10H16N2O4/c1-16-5-8(11)9(13)12-7-3-2-6(4-7)10(14)15/h2-3,6-8H,4-5,11H2,1H3,(H,12,13)(H,14,15). The second kappa shape index (κ2) is 5.62. The average molecular weight is 228 g/mol. The number of carboxylic acids is 1. The zero-order valence-corrected chi connectivity index (χ0v) is 9.05. The number of carbonyl (C=O) groups excluding carboxylic acids is 1. The molecule has 0 radical (unpaired) electrons. The van der Waals surface area contributed by atoms with E-state index in [2.05, 4.69) is 5.32 Å². The van der Waals surface area contributed by atoms with Gasteiger partial charge in [0.15, 0.2) is 0 Å². The highest BCUT2D eigenvalue weighted by Crippen LogP contribution is 2.17. The van der Waals surface area contributed by atoms with E-state index < -0.39 is 17.9 Å². The molecule has 1 amide bonds. The Bertz CT molecular complexity index is 303. The number of methoxy groups -OCH3 is 1. The van der Waals surface area contributed by atoms with E-state index in [-0.39, 0.29) is 18.6 Å². The maximum atomic E-state index is 11.5. The molecule has 0 saturated carbocycles. The Morgan fingerprint density at radius 1 is 1.62 bits per heavy atom. The number of carbonyl (C=O) groups is 2. The molecule has 0 spiro atoms. The maximum Gasteiger partial charge on any atom is 0.310 e. The number of nitrogens with one attached hydrogen (secondary N) is 1. The first-order valence-corrected chi connectivity index (χ1v) is 5.00. The van der Waals surface area contributed by atoms with Crippen LogP contribution in [-0.2, 0) is 14.3 Å². The number of nitrogens with two attached hydrogens (primary N) is 1. The fourth-order valence-electron chi connectivity index (χ4n) is 1.53. The van der Waals surface area contributed by atoms with E-state index in [4.69, 9.17) is 15.6 Å². The third-order valence-corrected chi connectivity index (χ3v) is 2.41. The van der Waals surface area contributed by atoms with Crippen molar-refractivity contribution in [3.63, 3.8) is 0 Å². The fraction of sp³-hybridized carbons (Fsp3) is 0.600. The van der Waals surface area contributed by atoms with E-state index in [1.165, 1.54) is 7.11 Å². The van der Waals surface area contributed by atoms with Crippen molar-refractivity contribution < 1.29 is 19.4 Å². The Morgan fingerprint density at radius 3 is 2.81 bits per heavy atom. The highest BCUT2D eigenvalue weighted by molar-refractivity contribution is 5.82. The Labute approximate surface area is 93.4 Å². The number of hydrogen-bond donors (Lipinski definition) is 3. The van der Waals surface area contributed by atoms with E-state index in [0.717, 1.165) is 0 Å². The summed E-state index contributed by atoms with van der Waals surface area (Å²) in [5.41, 5.74) is 5.52. The van der Waals surface area contributed by atoms with Crippen molar-refractivity contribution in [3.05, 3.63) is 12.2 Å². The molecule has 90 valence electrons. The summed E-state index contributed by atoms with van der Waals surface area (Å²) >= 11 is 0. The molecule has 4 N–H and O–H groups in total. The molecule has 0 aromatic rings. The molecule has 0 saturated heterocycles. The molecule has 16 heavy (non-hydrogen) atoms. The van der Waals surface area contributed by atoms with Gasteiger partial charge in [0.2, 0.25) is 5.91 Å². The van der Waals surface area contributed by atoms with Gasteiger partial charge < -0.3 is 20.9 Å². The van der Waals surface area contributed by atoms with Gasteiger partial charge in [0.05, 0.1) is 12.5 Å². The van der Waals surface area contributed by atoms with Gasteiger partial charge in [-0.15, -0.1) is 0 Å².